The van der Waals surface area contributed by atoms with Gasteiger partial charge in [-0.3, -0.25) is 0 Å². The lowest BCUT2D eigenvalue weighted by molar-refractivity contribution is 0.0691. The van der Waals surface area contributed by atoms with E-state index < -0.39 is 5.97 Å². The Balaban J connectivity index is 2.27. The molecule has 4 N–H and O–H groups in total. The molecule has 7 nitrogen and oxygen atoms in total. The normalized spacial score (nSPS) is 16.1. The van der Waals surface area contributed by atoms with Gasteiger partial charge in [0.1, 0.15) is 5.82 Å². The van der Waals surface area contributed by atoms with Crippen molar-refractivity contribution in [2.75, 3.05) is 36.8 Å². The van der Waals surface area contributed by atoms with E-state index >= 15 is 0 Å². The average Bonchev–Trinajstić information content (AvgIpc) is 2.30. The van der Waals surface area contributed by atoms with Crippen LogP contribution in [0, 0.1) is 0 Å². The van der Waals surface area contributed by atoms with Crippen molar-refractivity contribution in [3.63, 3.8) is 0 Å². The molecule has 2 rings (SSSR count). The Kier molecular flexibility index (Phi) is 2.86. The Morgan fingerprint density at radius 3 is 2.81 bits per heavy atom. The highest BCUT2D eigenvalue weighted by Gasteiger charge is 2.17. The Bertz CT molecular complexity index is 403. The zero-order chi connectivity index (χ0) is 11.5. The van der Waals surface area contributed by atoms with Crippen molar-refractivity contribution in [3.05, 3.63) is 11.9 Å². The first-order chi connectivity index (χ1) is 7.68. The predicted octanol–water partition coefficient (Wildman–Crippen LogP) is -0.833. The molecule has 0 bridgehead atoms. The van der Waals surface area contributed by atoms with Crippen LogP contribution in [0.15, 0.2) is 6.20 Å². The molecule has 1 aliphatic heterocycles. The fourth-order valence-electron chi connectivity index (χ4n) is 1.59. The van der Waals surface area contributed by atoms with Crippen LogP contribution < -0.4 is 16.0 Å². The molecule has 1 aliphatic rings. The minimum Gasteiger partial charge on any atom is -0.476 e. The summed E-state index contributed by atoms with van der Waals surface area (Å²) in [6, 6.07) is 0. The van der Waals surface area contributed by atoms with Gasteiger partial charge in [-0.25, -0.2) is 14.8 Å². The summed E-state index contributed by atoms with van der Waals surface area (Å²) < 4.78 is 0. The topological polar surface area (TPSA) is 104 Å². The number of piperazine rings is 1. The summed E-state index contributed by atoms with van der Waals surface area (Å²) in [6.45, 7) is 3.29. The summed E-state index contributed by atoms with van der Waals surface area (Å²) in [5.74, 6) is -0.638. The smallest absolute Gasteiger partial charge is 0.358 e. The number of nitrogen functional groups attached to an aromatic ring is 1. The Labute approximate surface area is 92.3 Å². The molecule has 16 heavy (non-hydrogen) atoms. The van der Waals surface area contributed by atoms with Crippen molar-refractivity contribution in [2.45, 2.75) is 0 Å². The lowest BCUT2D eigenvalue weighted by Gasteiger charge is -2.28. The highest BCUT2D eigenvalue weighted by Crippen LogP contribution is 2.14. The molecule has 0 saturated carbocycles. The van der Waals surface area contributed by atoms with E-state index in [4.69, 9.17) is 10.8 Å². The van der Waals surface area contributed by atoms with E-state index in [0.29, 0.717) is 5.82 Å². The van der Waals surface area contributed by atoms with Gasteiger partial charge in [0.2, 0.25) is 0 Å². The standard InChI is InChI=1S/C9H13N5O2/c10-8-7(9(15)16)13-6(5-12-8)14-3-1-11-2-4-14/h5,11H,1-4H2,(H2,10,12)(H,15,16). The summed E-state index contributed by atoms with van der Waals surface area (Å²) in [4.78, 5) is 20.7. The number of nitrogens with one attached hydrogen (secondary N) is 1. The van der Waals surface area contributed by atoms with Gasteiger partial charge >= 0.3 is 5.97 Å². The fraction of sp³-hybridized carbons (Fsp3) is 0.444. The maximum Gasteiger partial charge on any atom is 0.358 e. The second-order valence-electron chi connectivity index (χ2n) is 3.50. The molecule has 0 aromatic carbocycles. The second kappa shape index (κ2) is 4.31. The quantitative estimate of drug-likeness (QED) is 0.600. The van der Waals surface area contributed by atoms with Crippen LogP contribution in [0.2, 0.25) is 0 Å². The monoisotopic (exact) mass is 223 g/mol. The zero-order valence-corrected chi connectivity index (χ0v) is 8.68. The van der Waals surface area contributed by atoms with Crippen molar-refractivity contribution in [1.82, 2.24) is 15.3 Å². The molecule has 0 radical (unpaired) electrons. The Morgan fingerprint density at radius 1 is 1.50 bits per heavy atom. The van der Waals surface area contributed by atoms with Crippen molar-refractivity contribution < 1.29 is 9.90 Å². The molecule has 1 aromatic rings. The molecule has 7 heteroatoms. The van der Waals surface area contributed by atoms with Crippen LogP contribution in [0.4, 0.5) is 11.6 Å². The highest BCUT2D eigenvalue weighted by molar-refractivity contribution is 5.90. The van der Waals surface area contributed by atoms with Crippen LogP contribution in [-0.2, 0) is 0 Å². The molecule has 1 saturated heterocycles. The van der Waals surface area contributed by atoms with Crippen LogP contribution >= 0.6 is 0 Å². The third-order valence-electron chi connectivity index (χ3n) is 2.43. The summed E-state index contributed by atoms with van der Waals surface area (Å²) >= 11 is 0. The first-order valence-electron chi connectivity index (χ1n) is 5.00. The summed E-state index contributed by atoms with van der Waals surface area (Å²) in [5, 5.41) is 12.1. The van der Waals surface area contributed by atoms with Gasteiger partial charge in [-0.15, -0.1) is 0 Å². The lowest BCUT2D eigenvalue weighted by atomic mass is 10.3. The Morgan fingerprint density at radius 2 is 2.19 bits per heavy atom. The molecule has 2 heterocycles. The number of anilines is 2. The molecular weight excluding hydrogens is 210 g/mol. The van der Waals surface area contributed by atoms with Gasteiger partial charge in [-0.1, -0.05) is 0 Å². The number of aromatic carboxylic acids is 1. The van der Waals surface area contributed by atoms with E-state index in [1.807, 2.05) is 4.90 Å². The fourth-order valence-corrected chi connectivity index (χ4v) is 1.59. The predicted molar refractivity (Wildman–Crippen MR) is 58.5 cm³/mol. The molecule has 86 valence electrons. The van der Waals surface area contributed by atoms with Crippen molar-refractivity contribution in [2.24, 2.45) is 0 Å². The number of hydrogen-bond donors (Lipinski definition) is 3. The molecule has 0 unspecified atom stereocenters. The summed E-state index contributed by atoms with van der Waals surface area (Å²) in [5.41, 5.74) is 5.25. The number of nitrogens with zero attached hydrogens (tertiary/aromatic N) is 3. The van der Waals surface area contributed by atoms with Crippen LogP contribution in [0.5, 0.6) is 0 Å². The molecule has 0 aliphatic carbocycles. The minimum absolute atomic E-state index is 0.0496. The van der Waals surface area contributed by atoms with Crippen LogP contribution in [0.25, 0.3) is 0 Å². The average molecular weight is 223 g/mol. The number of carboxylic acid groups (broad SMARTS) is 1. The highest BCUT2D eigenvalue weighted by atomic mass is 16.4. The largest absolute Gasteiger partial charge is 0.476 e. The summed E-state index contributed by atoms with van der Waals surface area (Å²) in [6.07, 6.45) is 1.51. The molecule has 1 fully saturated rings. The number of carboxylic acids is 1. The van der Waals surface area contributed by atoms with E-state index in [-0.39, 0.29) is 11.5 Å². The van der Waals surface area contributed by atoms with E-state index in [1.165, 1.54) is 6.20 Å². The summed E-state index contributed by atoms with van der Waals surface area (Å²) in [7, 11) is 0. The number of hydrogen-bond acceptors (Lipinski definition) is 6. The minimum atomic E-state index is -1.15. The van der Waals surface area contributed by atoms with E-state index in [2.05, 4.69) is 15.3 Å². The van der Waals surface area contributed by atoms with Gasteiger partial charge < -0.3 is 21.1 Å². The SMILES string of the molecule is Nc1ncc(N2CCNCC2)nc1C(=O)O. The van der Waals surface area contributed by atoms with Gasteiger partial charge in [0.15, 0.2) is 11.5 Å². The first-order valence-corrected chi connectivity index (χ1v) is 5.00. The lowest BCUT2D eigenvalue weighted by Crippen LogP contribution is -2.44. The van der Waals surface area contributed by atoms with E-state index in [1.54, 1.807) is 0 Å². The number of carbonyl (C=O) groups is 1. The van der Waals surface area contributed by atoms with Gasteiger partial charge in [-0.05, 0) is 0 Å². The number of nitrogens with two attached hydrogens (primary N) is 1. The zero-order valence-electron chi connectivity index (χ0n) is 8.68. The third-order valence-corrected chi connectivity index (χ3v) is 2.43. The molecular formula is C9H13N5O2. The van der Waals surface area contributed by atoms with E-state index in [0.717, 1.165) is 26.2 Å². The molecule has 1 aromatic heterocycles. The van der Waals surface area contributed by atoms with Crippen LogP contribution in [0.1, 0.15) is 10.5 Å². The van der Waals surface area contributed by atoms with Gasteiger partial charge in [-0.2, -0.15) is 0 Å². The van der Waals surface area contributed by atoms with Gasteiger partial charge in [0, 0.05) is 26.2 Å². The van der Waals surface area contributed by atoms with Crippen molar-refractivity contribution >= 4 is 17.6 Å². The molecule has 0 amide bonds. The third kappa shape index (κ3) is 2.03. The van der Waals surface area contributed by atoms with Crippen LogP contribution in [0.3, 0.4) is 0 Å². The first kappa shape index (κ1) is 10.6. The maximum absolute atomic E-state index is 10.8. The van der Waals surface area contributed by atoms with E-state index in [9.17, 15) is 4.79 Å². The second-order valence-corrected chi connectivity index (χ2v) is 3.50. The van der Waals surface area contributed by atoms with Crippen molar-refractivity contribution in [3.8, 4) is 0 Å². The number of aromatic nitrogens is 2. The van der Waals surface area contributed by atoms with Gasteiger partial charge in [0.05, 0.1) is 6.20 Å². The molecule has 0 spiro atoms. The van der Waals surface area contributed by atoms with Gasteiger partial charge in [0.25, 0.3) is 0 Å². The molecule has 0 atom stereocenters. The van der Waals surface area contributed by atoms with Crippen LogP contribution in [-0.4, -0.2) is 47.2 Å². The number of rotatable bonds is 2. The Hall–Kier alpha value is -1.89. The maximum atomic E-state index is 10.8. The van der Waals surface area contributed by atoms with Crippen molar-refractivity contribution in [1.29, 1.82) is 0 Å².